The number of hydrogen-bond donors (Lipinski definition) is 2. The highest BCUT2D eigenvalue weighted by atomic mass is 16.5. The van der Waals surface area contributed by atoms with Crippen LogP contribution < -0.4 is 5.32 Å². The molecule has 9 heteroatoms. The lowest BCUT2D eigenvalue weighted by Gasteiger charge is -2.19. The van der Waals surface area contributed by atoms with Gasteiger partial charge >= 0.3 is 18.0 Å². The molecular weight excluding hydrogens is 272 g/mol. The minimum absolute atomic E-state index is 0.194. The maximum absolute atomic E-state index is 11.6. The number of nitrogens with zero attached hydrogens (tertiary/aromatic N) is 1. The number of nitrogens with one attached hydrogen (secondary N) is 1. The number of ether oxygens (including phenoxy) is 2. The van der Waals surface area contributed by atoms with Gasteiger partial charge in [0, 0.05) is 6.54 Å². The van der Waals surface area contributed by atoms with E-state index in [1.165, 1.54) is 0 Å². The van der Waals surface area contributed by atoms with Crippen molar-refractivity contribution in [1.29, 1.82) is 0 Å². The molecule has 0 aromatic carbocycles. The molecule has 3 amide bonds. The van der Waals surface area contributed by atoms with Crippen molar-refractivity contribution >= 4 is 23.9 Å². The van der Waals surface area contributed by atoms with Crippen molar-refractivity contribution in [3.8, 4) is 0 Å². The summed E-state index contributed by atoms with van der Waals surface area (Å²) in [5, 5.41) is 10.3. The molecule has 20 heavy (non-hydrogen) atoms. The van der Waals surface area contributed by atoms with E-state index in [1.54, 1.807) is 13.8 Å². The van der Waals surface area contributed by atoms with Crippen LogP contribution in [-0.2, 0) is 23.9 Å². The van der Waals surface area contributed by atoms with Gasteiger partial charge < -0.3 is 19.5 Å². The van der Waals surface area contributed by atoms with Gasteiger partial charge in [-0.05, 0) is 13.8 Å². The van der Waals surface area contributed by atoms with Gasteiger partial charge in [0.2, 0.25) is 0 Å². The SMILES string of the molecule is CCOC(=O)CN(CC)C(=O)NC(=O)COCC(=O)O. The number of urea groups is 1. The van der Waals surface area contributed by atoms with Crippen LogP contribution in [0.3, 0.4) is 0 Å². The second kappa shape index (κ2) is 9.73. The highest BCUT2D eigenvalue weighted by molar-refractivity contribution is 5.96. The summed E-state index contributed by atoms with van der Waals surface area (Å²) in [6.07, 6.45) is 0. The van der Waals surface area contributed by atoms with E-state index in [0.29, 0.717) is 0 Å². The van der Waals surface area contributed by atoms with Crippen LogP contribution in [0.5, 0.6) is 0 Å². The third-order valence-corrected chi connectivity index (χ3v) is 2.00. The van der Waals surface area contributed by atoms with E-state index in [2.05, 4.69) is 9.47 Å². The first kappa shape index (κ1) is 17.8. The Kier molecular flexibility index (Phi) is 8.68. The summed E-state index contributed by atoms with van der Waals surface area (Å²) < 4.78 is 9.20. The zero-order chi connectivity index (χ0) is 15.5. The van der Waals surface area contributed by atoms with Crippen LogP contribution in [0.25, 0.3) is 0 Å². The van der Waals surface area contributed by atoms with E-state index >= 15 is 0 Å². The van der Waals surface area contributed by atoms with Gasteiger partial charge in [0.25, 0.3) is 5.91 Å². The molecule has 114 valence electrons. The lowest BCUT2D eigenvalue weighted by Crippen LogP contribution is -2.46. The highest BCUT2D eigenvalue weighted by Crippen LogP contribution is 1.92. The molecule has 0 unspecified atom stereocenters. The van der Waals surface area contributed by atoms with Crippen molar-refractivity contribution in [2.75, 3.05) is 32.9 Å². The Morgan fingerprint density at radius 1 is 1.15 bits per heavy atom. The smallest absolute Gasteiger partial charge is 0.329 e. The maximum atomic E-state index is 11.6. The van der Waals surface area contributed by atoms with Crippen molar-refractivity contribution < 1.29 is 33.8 Å². The molecule has 0 heterocycles. The second-order valence-electron chi connectivity index (χ2n) is 3.56. The molecular formula is C11H18N2O7. The van der Waals surface area contributed by atoms with Gasteiger partial charge in [-0.3, -0.25) is 14.9 Å². The molecule has 0 saturated heterocycles. The fraction of sp³-hybridized carbons (Fsp3) is 0.636. The van der Waals surface area contributed by atoms with Gasteiger partial charge in [-0.2, -0.15) is 0 Å². The van der Waals surface area contributed by atoms with Gasteiger partial charge in [0.05, 0.1) is 6.61 Å². The molecule has 0 aliphatic heterocycles. The monoisotopic (exact) mass is 290 g/mol. The number of rotatable bonds is 8. The molecule has 0 rings (SSSR count). The van der Waals surface area contributed by atoms with E-state index in [1.807, 2.05) is 5.32 Å². The Hall–Kier alpha value is -2.16. The fourth-order valence-corrected chi connectivity index (χ4v) is 1.16. The molecule has 0 aromatic heterocycles. The van der Waals surface area contributed by atoms with Crippen LogP contribution in [0.4, 0.5) is 4.79 Å². The van der Waals surface area contributed by atoms with Crippen LogP contribution in [0.2, 0.25) is 0 Å². The normalized spacial score (nSPS) is 9.70. The number of carbonyl (C=O) groups excluding carboxylic acids is 3. The summed E-state index contributed by atoms with van der Waals surface area (Å²) in [6.45, 7) is 2.19. The molecule has 0 bridgehead atoms. The number of carboxylic acid groups (broad SMARTS) is 1. The number of imide groups is 1. The second-order valence-corrected chi connectivity index (χ2v) is 3.56. The standard InChI is InChI=1S/C11H18N2O7/c1-3-13(5-10(17)20-4-2)11(18)12-8(14)6-19-7-9(15)16/h3-7H2,1-2H3,(H,15,16)(H,12,14,18). The molecule has 0 aliphatic rings. The number of esters is 1. The summed E-state index contributed by atoms with van der Waals surface area (Å²) in [5.74, 6) is -2.60. The number of hydrogen-bond acceptors (Lipinski definition) is 6. The molecule has 0 fully saturated rings. The number of likely N-dealkylation sites (N-methyl/N-ethyl adjacent to an activating group) is 1. The van der Waals surface area contributed by atoms with E-state index < -0.39 is 37.1 Å². The maximum Gasteiger partial charge on any atom is 0.329 e. The quantitative estimate of drug-likeness (QED) is 0.561. The van der Waals surface area contributed by atoms with Crippen molar-refractivity contribution in [3.05, 3.63) is 0 Å². The Morgan fingerprint density at radius 2 is 1.80 bits per heavy atom. The number of amides is 3. The van der Waals surface area contributed by atoms with E-state index in [-0.39, 0.29) is 19.7 Å². The summed E-state index contributed by atoms with van der Waals surface area (Å²) in [7, 11) is 0. The zero-order valence-electron chi connectivity index (χ0n) is 11.4. The van der Waals surface area contributed by atoms with Crippen molar-refractivity contribution in [2.45, 2.75) is 13.8 Å². The molecule has 0 radical (unpaired) electrons. The van der Waals surface area contributed by atoms with Gasteiger partial charge in [0.1, 0.15) is 19.8 Å². The molecule has 9 nitrogen and oxygen atoms in total. The minimum Gasteiger partial charge on any atom is -0.480 e. The van der Waals surface area contributed by atoms with Gasteiger partial charge in [-0.25, -0.2) is 9.59 Å². The van der Waals surface area contributed by atoms with Crippen LogP contribution >= 0.6 is 0 Å². The average Bonchev–Trinajstić information content (AvgIpc) is 2.35. The Labute approximate surface area is 115 Å². The van der Waals surface area contributed by atoms with E-state index in [0.717, 1.165) is 4.90 Å². The Balaban J connectivity index is 4.16. The first-order valence-corrected chi connectivity index (χ1v) is 5.94. The fourth-order valence-electron chi connectivity index (χ4n) is 1.16. The highest BCUT2D eigenvalue weighted by Gasteiger charge is 2.18. The third kappa shape index (κ3) is 8.03. The molecule has 0 spiro atoms. The predicted molar refractivity (Wildman–Crippen MR) is 65.9 cm³/mol. The lowest BCUT2D eigenvalue weighted by molar-refractivity contribution is -0.145. The van der Waals surface area contributed by atoms with E-state index in [4.69, 9.17) is 5.11 Å². The summed E-state index contributed by atoms with van der Waals surface area (Å²) in [4.78, 5) is 45.4. The van der Waals surface area contributed by atoms with Crippen LogP contribution in [0.1, 0.15) is 13.8 Å². The van der Waals surface area contributed by atoms with Crippen molar-refractivity contribution in [3.63, 3.8) is 0 Å². The van der Waals surface area contributed by atoms with Crippen molar-refractivity contribution in [1.82, 2.24) is 10.2 Å². The first-order valence-electron chi connectivity index (χ1n) is 5.94. The average molecular weight is 290 g/mol. The molecule has 0 aliphatic carbocycles. The van der Waals surface area contributed by atoms with Crippen LogP contribution in [0.15, 0.2) is 0 Å². The van der Waals surface area contributed by atoms with E-state index in [9.17, 15) is 19.2 Å². The van der Waals surface area contributed by atoms with Gasteiger partial charge in [0.15, 0.2) is 0 Å². The first-order chi connectivity index (χ1) is 9.40. The Bertz CT molecular complexity index is 370. The number of aliphatic carboxylic acids is 1. The van der Waals surface area contributed by atoms with Gasteiger partial charge in [-0.15, -0.1) is 0 Å². The molecule has 2 N–H and O–H groups in total. The summed E-state index contributed by atoms with van der Waals surface area (Å²) in [5.41, 5.74) is 0. The molecule has 0 aromatic rings. The van der Waals surface area contributed by atoms with Crippen LogP contribution in [-0.4, -0.2) is 66.8 Å². The predicted octanol–water partition coefficient (Wildman–Crippen LogP) is -0.791. The van der Waals surface area contributed by atoms with Gasteiger partial charge in [-0.1, -0.05) is 0 Å². The number of carboxylic acids is 1. The lowest BCUT2D eigenvalue weighted by atomic mass is 10.5. The Morgan fingerprint density at radius 3 is 2.30 bits per heavy atom. The third-order valence-electron chi connectivity index (χ3n) is 2.00. The molecule has 0 atom stereocenters. The zero-order valence-corrected chi connectivity index (χ0v) is 11.4. The van der Waals surface area contributed by atoms with Crippen molar-refractivity contribution in [2.24, 2.45) is 0 Å². The summed E-state index contributed by atoms with van der Waals surface area (Å²) in [6, 6.07) is -0.774. The number of carbonyl (C=O) groups is 4. The minimum atomic E-state index is -1.22. The topological polar surface area (TPSA) is 122 Å². The van der Waals surface area contributed by atoms with Crippen LogP contribution in [0, 0.1) is 0 Å². The molecule has 0 saturated carbocycles. The largest absolute Gasteiger partial charge is 0.480 e. The summed E-state index contributed by atoms with van der Waals surface area (Å²) >= 11 is 0.